The van der Waals surface area contributed by atoms with E-state index in [9.17, 15) is 10.1 Å². The van der Waals surface area contributed by atoms with Crippen molar-refractivity contribution in [2.24, 2.45) is 0 Å². The number of aromatic nitrogens is 1. The first-order chi connectivity index (χ1) is 9.06. The number of hydrogen-bond acceptors (Lipinski definition) is 5. The average molecular weight is 323 g/mol. The Balaban J connectivity index is 2.07. The molecule has 0 saturated carbocycles. The fourth-order valence-electron chi connectivity index (χ4n) is 1.50. The minimum absolute atomic E-state index is 0.0478. The van der Waals surface area contributed by atoms with E-state index >= 15 is 0 Å². The number of nitrogens with zero attached hydrogens (tertiary/aromatic N) is 2. The number of nitrogens with two attached hydrogens (primary N) is 1. The Morgan fingerprint density at radius 3 is 2.74 bits per heavy atom. The topological polar surface area (TPSA) is 94.1 Å². The van der Waals surface area contributed by atoms with Crippen molar-refractivity contribution < 1.29 is 4.92 Å². The number of nitro benzene ring substituents is 1. The summed E-state index contributed by atoms with van der Waals surface area (Å²) in [6.07, 6.45) is 1.68. The zero-order valence-corrected chi connectivity index (χ0v) is 11.4. The molecule has 0 amide bonds. The summed E-state index contributed by atoms with van der Waals surface area (Å²) in [5.74, 6) is 0.472. The van der Waals surface area contributed by atoms with Crippen LogP contribution >= 0.6 is 15.9 Å². The van der Waals surface area contributed by atoms with Crippen LogP contribution in [0.4, 0.5) is 17.2 Å². The summed E-state index contributed by atoms with van der Waals surface area (Å²) >= 11 is 3.30. The molecule has 3 N–H and O–H groups in total. The Kier molecular flexibility index (Phi) is 3.96. The van der Waals surface area contributed by atoms with E-state index in [1.165, 1.54) is 12.1 Å². The van der Waals surface area contributed by atoms with Crippen molar-refractivity contribution in [3.63, 3.8) is 0 Å². The number of nitrogen functional groups attached to an aromatic ring is 1. The number of pyridine rings is 1. The number of nitro groups is 1. The summed E-state index contributed by atoms with van der Waals surface area (Å²) in [7, 11) is 0. The number of benzene rings is 1. The van der Waals surface area contributed by atoms with E-state index in [-0.39, 0.29) is 5.69 Å². The fraction of sp³-hybridized carbons (Fsp3) is 0.0833. The molecule has 19 heavy (non-hydrogen) atoms. The van der Waals surface area contributed by atoms with Crippen LogP contribution in [0.25, 0.3) is 0 Å². The number of hydrogen-bond donors (Lipinski definition) is 2. The van der Waals surface area contributed by atoms with Gasteiger partial charge in [-0.3, -0.25) is 10.1 Å². The van der Waals surface area contributed by atoms with Crippen molar-refractivity contribution in [1.82, 2.24) is 4.98 Å². The second kappa shape index (κ2) is 5.66. The Hall–Kier alpha value is -2.15. The molecule has 1 aromatic carbocycles. The molecule has 0 fully saturated rings. The van der Waals surface area contributed by atoms with Gasteiger partial charge in [0.1, 0.15) is 5.82 Å². The van der Waals surface area contributed by atoms with Crippen molar-refractivity contribution in [3.05, 3.63) is 56.7 Å². The van der Waals surface area contributed by atoms with E-state index in [1.54, 1.807) is 18.3 Å². The first kappa shape index (κ1) is 13.3. The number of halogens is 1. The third kappa shape index (κ3) is 3.41. The van der Waals surface area contributed by atoms with Gasteiger partial charge in [0.2, 0.25) is 0 Å². The molecule has 1 aromatic heterocycles. The summed E-state index contributed by atoms with van der Waals surface area (Å²) in [6.45, 7) is 0.559. The molecule has 0 aliphatic carbocycles. The summed E-state index contributed by atoms with van der Waals surface area (Å²) in [5.41, 5.74) is 7.30. The van der Waals surface area contributed by atoms with Gasteiger partial charge in [-0.05, 0) is 33.6 Å². The number of non-ortho nitro benzene ring substituents is 1. The van der Waals surface area contributed by atoms with Crippen LogP contribution in [0.3, 0.4) is 0 Å². The predicted molar refractivity (Wildman–Crippen MR) is 76.8 cm³/mol. The third-order valence-corrected chi connectivity index (χ3v) is 3.15. The first-order valence-corrected chi connectivity index (χ1v) is 6.24. The van der Waals surface area contributed by atoms with Gasteiger partial charge in [-0.2, -0.15) is 0 Å². The van der Waals surface area contributed by atoms with Gasteiger partial charge in [0.15, 0.2) is 0 Å². The minimum atomic E-state index is -0.432. The van der Waals surface area contributed by atoms with Gasteiger partial charge in [0.05, 0.1) is 4.92 Å². The second-order valence-electron chi connectivity index (χ2n) is 3.87. The maximum absolute atomic E-state index is 10.6. The molecule has 0 aliphatic rings. The Bertz CT molecular complexity index is 601. The molecule has 1 heterocycles. The average Bonchev–Trinajstić information content (AvgIpc) is 2.39. The highest BCUT2D eigenvalue weighted by molar-refractivity contribution is 9.10. The quantitative estimate of drug-likeness (QED) is 0.666. The number of anilines is 2. The van der Waals surface area contributed by atoms with Crippen LogP contribution in [0.15, 0.2) is 41.0 Å². The van der Waals surface area contributed by atoms with Crippen LogP contribution in [0, 0.1) is 10.1 Å². The Labute approximate surface area is 117 Å². The van der Waals surface area contributed by atoms with Gasteiger partial charge in [-0.25, -0.2) is 4.98 Å². The molecule has 98 valence electrons. The summed E-state index contributed by atoms with van der Waals surface area (Å²) in [5, 5.41) is 13.8. The predicted octanol–water partition coefficient (Wildman–Crippen LogP) is 2.95. The standard InChI is InChI=1S/C12H11BrN4O2/c13-10-5-9(17(18)19)2-3-11(10)15-6-8-1-4-12(14)16-7-8/h1-5,7,15H,6H2,(H2,14,16). The molecule has 0 atom stereocenters. The van der Waals surface area contributed by atoms with Crippen molar-refractivity contribution in [2.75, 3.05) is 11.1 Å². The molecule has 0 radical (unpaired) electrons. The van der Waals surface area contributed by atoms with Crippen LogP contribution < -0.4 is 11.1 Å². The van der Waals surface area contributed by atoms with Crippen molar-refractivity contribution in [2.45, 2.75) is 6.54 Å². The van der Waals surface area contributed by atoms with Crippen LogP contribution in [0.1, 0.15) is 5.56 Å². The molecule has 0 unspecified atom stereocenters. The van der Waals surface area contributed by atoms with Gasteiger partial charge in [0, 0.05) is 35.0 Å². The van der Waals surface area contributed by atoms with Crippen molar-refractivity contribution in [1.29, 1.82) is 0 Å². The van der Waals surface area contributed by atoms with Gasteiger partial charge < -0.3 is 11.1 Å². The summed E-state index contributed by atoms with van der Waals surface area (Å²) < 4.78 is 0.644. The molecule has 2 aromatic rings. The zero-order valence-electron chi connectivity index (χ0n) is 9.84. The molecule has 0 saturated heterocycles. The second-order valence-corrected chi connectivity index (χ2v) is 4.72. The third-order valence-electron chi connectivity index (χ3n) is 2.49. The monoisotopic (exact) mass is 322 g/mol. The highest BCUT2D eigenvalue weighted by Gasteiger charge is 2.08. The van der Waals surface area contributed by atoms with E-state index in [0.29, 0.717) is 16.8 Å². The first-order valence-electron chi connectivity index (χ1n) is 5.44. The van der Waals surface area contributed by atoms with E-state index < -0.39 is 4.92 Å². The summed E-state index contributed by atoms with van der Waals surface area (Å²) in [6, 6.07) is 8.17. The number of nitrogens with one attached hydrogen (secondary N) is 1. The number of rotatable bonds is 4. The highest BCUT2D eigenvalue weighted by Crippen LogP contribution is 2.27. The van der Waals surface area contributed by atoms with Crippen molar-refractivity contribution >= 4 is 33.1 Å². The van der Waals surface area contributed by atoms with Crippen molar-refractivity contribution in [3.8, 4) is 0 Å². The van der Waals surface area contributed by atoms with E-state index in [2.05, 4.69) is 26.2 Å². The highest BCUT2D eigenvalue weighted by atomic mass is 79.9. The molecule has 0 bridgehead atoms. The van der Waals surface area contributed by atoms with Crippen LogP contribution in [0.5, 0.6) is 0 Å². The van der Waals surface area contributed by atoms with E-state index in [1.807, 2.05) is 6.07 Å². The molecular weight excluding hydrogens is 312 g/mol. The SMILES string of the molecule is Nc1ccc(CNc2ccc([N+](=O)[O-])cc2Br)cn1. The molecule has 7 heteroatoms. The summed E-state index contributed by atoms with van der Waals surface area (Å²) in [4.78, 5) is 14.2. The van der Waals surface area contributed by atoms with Crippen LogP contribution in [-0.2, 0) is 6.54 Å². The smallest absolute Gasteiger partial charge is 0.270 e. The Morgan fingerprint density at radius 1 is 1.37 bits per heavy atom. The lowest BCUT2D eigenvalue weighted by atomic mass is 10.2. The maximum Gasteiger partial charge on any atom is 0.270 e. The molecule has 0 aliphatic heterocycles. The fourth-order valence-corrected chi connectivity index (χ4v) is 2.01. The minimum Gasteiger partial charge on any atom is -0.384 e. The van der Waals surface area contributed by atoms with Gasteiger partial charge >= 0.3 is 0 Å². The lowest BCUT2D eigenvalue weighted by molar-refractivity contribution is -0.384. The normalized spacial score (nSPS) is 10.2. The van der Waals surface area contributed by atoms with Crippen LogP contribution in [0.2, 0.25) is 0 Å². The van der Waals surface area contributed by atoms with Gasteiger partial charge in [-0.15, -0.1) is 0 Å². The van der Waals surface area contributed by atoms with E-state index in [0.717, 1.165) is 11.3 Å². The maximum atomic E-state index is 10.6. The van der Waals surface area contributed by atoms with E-state index in [4.69, 9.17) is 5.73 Å². The molecular formula is C12H11BrN4O2. The lowest BCUT2D eigenvalue weighted by Gasteiger charge is -2.08. The largest absolute Gasteiger partial charge is 0.384 e. The lowest BCUT2D eigenvalue weighted by Crippen LogP contribution is -2.01. The molecule has 2 rings (SSSR count). The van der Waals surface area contributed by atoms with Gasteiger partial charge in [0.25, 0.3) is 5.69 Å². The van der Waals surface area contributed by atoms with Gasteiger partial charge in [-0.1, -0.05) is 6.07 Å². The zero-order chi connectivity index (χ0) is 13.8. The molecule has 0 spiro atoms. The molecule has 6 nitrogen and oxygen atoms in total. The van der Waals surface area contributed by atoms with Crippen LogP contribution in [-0.4, -0.2) is 9.91 Å². The Morgan fingerprint density at radius 2 is 2.16 bits per heavy atom.